The average Bonchev–Trinajstić information content (AvgIpc) is 2.31. The van der Waals surface area contributed by atoms with Crippen LogP contribution < -0.4 is 10.5 Å². The summed E-state index contributed by atoms with van der Waals surface area (Å²) >= 11 is 0. The molecule has 1 aromatic heterocycles. The molecule has 0 aliphatic rings. The minimum Gasteiger partial charge on any atom is -0.399 e. The van der Waals surface area contributed by atoms with Crippen LogP contribution in [0.25, 0.3) is 0 Å². The first-order valence-electron chi connectivity index (χ1n) is 5.72. The van der Waals surface area contributed by atoms with Crippen molar-refractivity contribution in [3.8, 4) is 0 Å². The van der Waals surface area contributed by atoms with Gasteiger partial charge in [0, 0.05) is 11.9 Å². The van der Waals surface area contributed by atoms with Gasteiger partial charge in [0.1, 0.15) is 5.82 Å². The highest BCUT2D eigenvalue weighted by Gasteiger charge is 2.12. The van der Waals surface area contributed by atoms with Gasteiger partial charge in [-0.25, -0.2) is 13.4 Å². The monoisotopic (exact) mass is 277 g/mol. The molecule has 0 saturated heterocycles. The SMILES string of the molecule is Cc1ccnc(NS(=O)(=O)Cc2ccc(N)cc2)c1. The summed E-state index contributed by atoms with van der Waals surface area (Å²) < 4.78 is 26.4. The number of rotatable bonds is 4. The Balaban J connectivity index is 2.13. The van der Waals surface area contributed by atoms with Gasteiger partial charge in [-0.3, -0.25) is 4.72 Å². The highest BCUT2D eigenvalue weighted by Crippen LogP contribution is 2.13. The van der Waals surface area contributed by atoms with Crippen LogP contribution in [0.4, 0.5) is 11.5 Å². The lowest BCUT2D eigenvalue weighted by molar-refractivity contribution is 0.600. The number of nitrogens with zero attached hydrogens (tertiary/aromatic N) is 1. The van der Waals surface area contributed by atoms with E-state index in [-0.39, 0.29) is 5.75 Å². The predicted octanol–water partition coefficient (Wildman–Crippen LogP) is 1.91. The van der Waals surface area contributed by atoms with Gasteiger partial charge in [-0.1, -0.05) is 12.1 Å². The van der Waals surface area contributed by atoms with Gasteiger partial charge in [0.05, 0.1) is 5.75 Å². The molecule has 19 heavy (non-hydrogen) atoms. The lowest BCUT2D eigenvalue weighted by atomic mass is 10.2. The summed E-state index contributed by atoms with van der Waals surface area (Å²) in [5, 5.41) is 0. The zero-order valence-corrected chi connectivity index (χ0v) is 11.3. The molecular weight excluding hydrogens is 262 g/mol. The second-order valence-corrected chi connectivity index (χ2v) is 6.04. The van der Waals surface area contributed by atoms with E-state index in [4.69, 9.17) is 5.73 Å². The van der Waals surface area contributed by atoms with Crippen LogP contribution in [-0.4, -0.2) is 13.4 Å². The van der Waals surface area contributed by atoms with Crippen molar-refractivity contribution in [3.05, 3.63) is 53.7 Å². The maximum Gasteiger partial charge on any atom is 0.238 e. The number of nitrogens with one attached hydrogen (secondary N) is 1. The number of hydrogen-bond donors (Lipinski definition) is 2. The first-order valence-corrected chi connectivity index (χ1v) is 7.37. The molecule has 0 bridgehead atoms. The van der Waals surface area contributed by atoms with Crippen LogP contribution in [0.15, 0.2) is 42.6 Å². The number of pyridine rings is 1. The second kappa shape index (κ2) is 5.27. The summed E-state index contributed by atoms with van der Waals surface area (Å²) in [4.78, 5) is 3.97. The van der Waals surface area contributed by atoms with Crippen molar-refractivity contribution in [2.24, 2.45) is 0 Å². The normalized spacial score (nSPS) is 11.2. The molecule has 1 heterocycles. The molecule has 1 aromatic carbocycles. The third kappa shape index (κ3) is 3.96. The molecule has 0 aliphatic carbocycles. The van der Waals surface area contributed by atoms with Gasteiger partial charge in [-0.2, -0.15) is 0 Å². The molecule has 0 atom stereocenters. The van der Waals surface area contributed by atoms with Gasteiger partial charge < -0.3 is 5.73 Å². The molecule has 5 nitrogen and oxygen atoms in total. The van der Waals surface area contributed by atoms with E-state index in [1.807, 2.05) is 6.92 Å². The molecule has 2 rings (SSSR count). The van der Waals surface area contributed by atoms with Crippen LogP contribution in [0.1, 0.15) is 11.1 Å². The highest BCUT2D eigenvalue weighted by molar-refractivity contribution is 7.91. The summed E-state index contributed by atoms with van der Waals surface area (Å²) in [6, 6.07) is 10.2. The van der Waals surface area contributed by atoms with Gasteiger partial charge in [0.2, 0.25) is 10.0 Å². The van der Waals surface area contributed by atoms with E-state index in [1.54, 1.807) is 42.6 Å². The Kier molecular flexibility index (Phi) is 3.71. The molecule has 0 spiro atoms. The minimum atomic E-state index is -3.47. The summed E-state index contributed by atoms with van der Waals surface area (Å²) in [6.45, 7) is 1.87. The fourth-order valence-corrected chi connectivity index (χ4v) is 2.75. The number of aryl methyl sites for hydroxylation is 1. The number of sulfonamides is 1. The highest BCUT2D eigenvalue weighted by atomic mass is 32.2. The molecule has 0 radical (unpaired) electrons. The van der Waals surface area contributed by atoms with Crippen molar-refractivity contribution >= 4 is 21.5 Å². The van der Waals surface area contributed by atoms with Crippen LogP contribution in [-0.2, 0) is 15.8 Å². The number of nitrogens with two attached hydrogens (primary N) is 1. The van der Waals surface area contributed by atoms with E-state index in [0.717, 1.165) is 5.56 Å². The fourth-order valence-electron chi connectivity index (χ4n) is 1.62. The number of aromatic nitrogens is 1. The lowest BCUT2D eigenvalue weighted by Crippen LogP contribution is -2.16. The van der Waals surface area contributed by atoms with Gasteiger partial charge >= 0.3 is 0 Å². The fraction of sp³-hybridized carbons (Fsp3) is 0.154. The van der Waals surface area contributed by atoms with E-state index in [0.29, 0.717) is 17.1 Å². The van der Waals surface area contributed by atoms with Crippen LogP contribution in [0.5, 0.6) is 0 Å². The van der Waals surface area contributed by atoms with Gasteiger partial charge in [-0.15, -0.1) is 0 Å². The van der Waals surface area contributed by atoms with Gasteiger partial charge in [0.15, 0.2) is 0 Å². The topological polar surface area (TPSA) is 85.1 Å². The Bertz CT molecular complexity index is 667. The molecule has 100 valence electrons. The molecule has 6 heteroatoms. The van der Waals surface area contributed by atoms with Crippen LogP contribution in [0.2, 0.25) is 0 Å². The third-order valence-electron chi connectivity index (χ3n) is 2.51. The van der Waals surface area contributed by atoms with Crippen molar-refractivity contribution in [2.75, 3.05) is 10.5 Å². The number of benzene rings is 1. The Hall–Kier alpha value is -2.08. The molecule has 0 amide bonds. The quantitative estimate of drug-likeness (QED) is 0.836. The number of nitrogen functional groups attached to an aromatic ring is 1. The standard InChI is InChI=1S/C13H15N3O2S/c1-10-6-7-15-13(8-10)16-19(17,18)9-11-2-4-12(14)5-3-11/h2-8H,9,14H2,1H3,(H,15,16). The predicted molar refractivity (Wildman–Crippen MR) is 76.1 cm³/mol. The van der Waals surface area contributed by atoms with Crippen LogP contribution in [0, 0.1) is 6.92 Å². The third-order valence-corrected chi connectivity index (χ3v) is 3.75. The summed E-state index contributed by atoms with van der Waals surface area (Å²) in [5.41, 5.74) is 7.78. The Morgan fingerprint density at radius 2 is 1.89 bits per heavy atom. The zero-order chi connectivity index (χ0) is 13.9. The van der Waals surface area contributed by atoms with Crippen molar-refractivity contribution in [3.63, 3.8) is 0 Å². The Morgan fingerprint density at radius 3 is 2.53 bits per heavy atom. The van der Waals surface area contributed by atoms with Crippen LogP contribution >= 0.6 is 0 Å². The lowest BCUT2D eigenvalue weighted by Gasteiger charge is -2.08. The van der Waals surface area contributed by atoms with E-state index in [9.17, 15) is 8.42 Å². The maximum absolute atomic E-state index is 12.0. The van der Waals surface area contributed by atoms with Crippen molar-refractivity contribution < 1.29 is 8.42 Å². The minimum absolute atomic E-state index is 0.108. The van der Waals surface area contributed by atoms with E-state index >= 15 is 0 Å². The molecular formula is C13H15N3O2S. The summed E-state index contributed by atoms with van der Waals surface area (Å²) in [6.07, 6.45) is 1.57. The summed E-state index contributed by atoms with van der Waals surface area (Å²) in [5.74, 6) is 0.221. The first kappa shape index (κ1) is 13.4. The van der Waals surface area contributed by atoms with E-state index < -0.39 is 10.0 Å². The molecule has 0 aliphatic heterocycles. The molecule has 2 aromatic rings. The number of hydrogen-bond acceptors (Lipinski definition) is 4. The molecule has 0 unspecified atom stereocenters. The molecule has 0 saturated carbocycles. The summed E-state index contributed by atoms with van der Waals surface area (Å²) in [7, 11) is -3.47. The van der Waals surface area contributed by atoms with Crippen molar-refractivity contribution in [1.29, 1.82) is 0 Å². The Morgan fingerprint density at radius 1 is 1.21 bits per heavy atom. The molecule has 0 fully saturated rings. The first-order chi connectivity index (χ1) is 8.94. The Labute approximate surface area is 112 Å². The second-order valence-electron chi connectivity index (χ2n) is 4.32. The van der Waals surface area contributed by atoms with E-state index in [1.165, 1.54) is 0 Å². The van der Waals surface area contributed by atoms with Crippen LogP contribution in [0.3, 0.4) is 0 Å². The smallest absolute Gasteiger partial charge is 0.238 e. The van der Waals surface area contributed by atoms with Gasteiger partial charge in [0.25, 0.3) is 0 Å². The zero-order valence-electron chi connectivity index (χ0n) is 10.5. The van der Waals surface area contributed by atoms with Crippen molar-refractivity contribution in [2.45, 2.75) is 12.7 Å². The van der Waals surface area contributed by atoms with E-state index in [2.05, 4.69) is 9.71 Å². The average molecular weight is 277 g/mol. The number of anilines is 2. The molecule has 3 N–H and O–H groups in total. The van der Waals surface area contributed by atoms with Crippen molar-refractivity contribution in [1.82, 2.24) is 4.98 Å². The van der Waals surface area contributed by atoms with Gasteiger partial charge in [-0.05, 0) is 42.3 Å². The largest absolute Gasteiger partial charge is 0.399 e. The maximum atomic E-state index is 12.0.